The van der Waals surface area contributed by atoms with Crippen LogP contribution < -0.4 is 5.32 Å². The predicted molar refractivity (Wildman–Crippen MR) is 65.3 cm³/mol. The van der Waals surface area contributed by atoms with Crippen molar-refractivity contribution in [3.8, 4) is 0 Å². The van der Waals surface area contributed by atoms with E-state index in [1.54, 1.807) is 0 Å². The van der Waals surface area contributed by atoms with Gasteiger partial charge in [-0.15, -0.1) is 12.6 Å². The molecule has 0 aromatic rings. The Kier molecular flexibility index (Phi) is 3.64. The molecular formula is C10H19NS2. The van der Waals surface area contributed by atoms with Crippen molar-refractivity contribution in [2.45, 2.75) is 46.1 Å². The normalized spacial score (nSPS) is 32.6. The van der Waals surface area contributed by atoms with Gasteiger partial charge in [-0.25, -0.2) is 0 Å². The van der Waals surface area contributed by atoms with E-state index in [1.165, 1.54) is 19.3 Å². The Hall–Kier alpha value is 0.240. The first kappa shape index (κ1) is 11.3. The van der Waals surface area contributed by atoms with Gasteiger partial charge in [-0.05, 0) is 30.6 Å². The van der Waals surface area contributed by atoms with E-state index >= 15 is 0 Å². The molecule has 1 N–H and O–H groups in total. The van der Waals surface area contributed by atoms with Gasteiger partial charge in [0.05, 0.1) is 0 Å². The Bertz CT molecular complexity index is 201. The third-order valence-corrected chi connectivity index (χ3v) is 2.96. The third-order valence-electron chi connectivity index (χ3n) is 2.71. The second-order valence-corrected chi connectivity index (χ2v) is 6.22. The molecule has 1 saturated carbocycles. The largest absolute Gasteiger partial charge is 0.368 e. The minimum atomic E-state index is 0.452. The van der Waals surface area contributed by atoms with Gasteiger partial charge < -0.3 is 5.32 Å². The molecule has 1 nitrogen and oxygen atoms in total. The first-order valence-corrected chi connectivity index (χ1v) is 5.74. The van der Waals surface area contributed by atoms with Crippen LogP contribution in [0.2, 0.25) is 0 Å². The quantitative estimate of drug-likeness (QED) is 0.517. The smallest absolute Gasteiger partial charge is 0.130 e. The van der Waals surface area contributed by atoms with Crippen molar-refractivity contribution < 1.29 is 0 Å². The maximum absolute atomic E-state index is 4.94. The van der Waals surface area contributed by atoms with E-state index in [0.29, 0.717) is 15.8 Å². The molecule has 0 unspecified atom stereocenters. The first-order valence-electron chi connectivity index (χ1n) is 4.88. The Morgan fingerprint density at radius 1 is 1.46 bits per heavy atom. The number of hydrogen-bond acceptors (Lipinski definition) is 1. The monoisotopic (exact) mass is 217 g/mol. The molecule has 3 heteroatoms. The zero-order valence-corrected chi connectivity index (χ0v) is 10.3. The van der Waals surface area contributed by atoms with Crippen LogP contribution in [0.3, 0.4) is 0 Å². The average molecular weight is 217 g/mol. The molecule has 0 heterocycles. The van der Waals surface area contributed by atoms with Gasteiger partial charge in [0, 0.05) is 6.04 Å². The number of hydrogen-bond donors (Lipinski definition) is 2. The van der Waals surface area contributed by atoms with Crippen LogP contribution in [0.15, 0.2) is 0 Å². The molecule has 0 amide bonds. The molecule has 0 aromatic carbocycles. The predicted octanol–water partition coefficient (Wildman–Crippen LogP) is 3.01. The standard InChI is InChI=1S/C10H19NS2/c1-7-4-8(11-9(12)13)6-10(2,3)5-7/h7-8H,4-6H2,1-3H3,(H2,11,12,13)/t7-,8+/m0/s1. The van der Waals surface area contributed by atoms with E-state index in [1.807, 2.05) is 0 Å². The van der Waals surface area contributed by atoms with Crippen LogP contribution in [0.4, 0.5) is 0 Å². The fourth-order valence-electron chi connectivity index (χ4n) is 2.63. The van der Waals surface area contributed by atoms with Crippen LogP contribution in [-0.4, -0.2) is 10.4 Å². The van der Waals surface area contributed by atoms with Gasteiger partial charge in [0.15, 0.2) is 0 Å². The number of rotatable bonds is 1. The minimum Gasteiger partial charge on any atom is -0.368 e. The summed E-state index contributed by atoms with van der Waals surface area (Å²) < 4.78 is 0.634. The van der Waals surface area contributed by atoms with Gasteiger partial charge in [-0.2, -0.15) is 0 Å². The molecule has 0 aromatic heterocycles. The highest BCUT2D eigenvalue weighted by molar-refractivity contribution is 8.11. The van der Waals surface area contributed by atoms with E-state index in [0.717, 1.165) is 5.92 Å². The molecule has 13 heavy (non-hydrogen) atoms. The zero-order valence-electron chi connectivity index (χ0n) is 8.63. The molecule has 1 aliphatic rings. The lowest BCUT2D eigenvalue weighted by molar-refractivity contribution is 0.162. The highest BCUT2D eigenvalue weighted by Gasteiger charge is 2.31. The SMILES string of the molecule is C[C@H]1C[C@@H](NC(=S)S)CC(C)(C)C1. The maximum Gasteiger partial charge on any atom is 0.130 e. The molecule has 2 atom stereocenters. The summed E-state index contributed by atoms with van der Waals surface area (Å²) in [5.41, 5.74) is 0.452. The summed E-state index contributed by atoms with van der Waals surface area (Å²) >= 11 is 9.06. The molecule has 1 aliphatic carbocycles. The van der Waals surface area contributed by atoms with Gasteiger partial charge in [-0.1, -0.05) is 33.0 Å². The van der Waals surface area contributed by atoms with Crippen molar-refractivity contribution in [1.29, 1.82) is 0 Å². The summed E-state index contributed by atoms with van der Waals surface area (Å²) in [5, 5.41) is 3.26. The fraction of sp³-hybridized carbons (Fsp3) is 0.900. The van der Waals surface area contributed by atoms with E-state index in [9.17, 15) is 0 Å². The lowest BCUT2D eigenvalue weighted by Gasteiger charge is -2.39. The maximum atomic E-state index is 4.94. The molecule has 0 radical (unpaired) electrons. The van der Waals surface area contributed by atoms with Crippen LogP contribution in [0.25, 0.3) is 0 Å². The Labute approximate surface area is 92.1 Å². The minimum absolute atomic E-state index is 0.452. The summed E-state index contributed by atoms with van der Waals surface area (Å²) in [6.45, 7) is 6.98. The van der Waals surface area contributed by atoms with Gasteiger partial charge in [0.25, 0.3) is 0 Å². The van der Waals surface area contributed by atoms with Crippen molar-refractivity contribution in [3.63, 3.8) is 0 Å². The van der Waals surface area contributed by atoms with E-state index in [2.05, 4.69) is 38.7 Å². The lowest BCUT2D eigenvalue weighted by atomic mass is 9.71. The lowest BCUT2D eigenvalue weighted by Crippen LogP contribution is -2.41. The van der Waals surface area contributed by atoms with Gasteiger partial charge >= 0.3 is 0 Å². The number of nitrogens with one attached hydrogen (secondary N) is 1. The van der Waals surface area contributed by atoms with Crippen LogP contribution in [0.5, 0.6) is 0 Å². The van der Waals surface area contributed by atoms with Crippen molar-refractivity contribution in [1.82, 2.24) is 5.32 Å². The van der Waals surface area contributed by atoms with Crippen molar-refractivity contribution in [2.24, 2.45) is 11.3 Å². The van der Waals surface area contributed by atoms with Crippen molar-refractivity contribution in [3.05, 3.63) is 0 Å². The van der Waals surface area contributed by atoms with E-state index < -0.39 is 0 Å². The Morgan fingerprint density at radius 2 is 2.08 bits per heavy atom. The summed E-state index contributed by atoms with van der Waals surface area (Å²) in [5.74, 6) is 0.795. The van der Waals surface area contributed by atoms with Crippen molar-refractivity contribution >= 4 is 29.2 Å². The second kappa shape index (κ2) is 4.18. The summed E-state index contributed by atoms with van der Waals surface area (Å²) in [6.07, 6.45) is 3.76. The van der Waals surface area contributed by atoms with Crippen LogP contribution in [0.1, 0.15) is 40.0 Å². The van der Waals surface area contributed by atoms with E-state index in [-0.39, 0.29) is 0 Å². The molecular weight excluding hydrogens is 198 g/mol. The van der Waals surface area contributed by atoms with E-state index in [4.69, 9.17) is 12.2 Å². The molecule has 1 rings (SSSR count). The Balaban J connectivity index is 2.52. The fourth-order valence-corrected chi connectivity index (χ4v) is 2.98. The zero-order chi connectivity index (χ0) is 10.1. The average Bonchev–Trinajstić information content (AvgIpc) is 1.78. The highest BCUT2D eigenvalue weighted by atomic mass is 32.1. The van der Waals surface area contributed by atoms with Crippen LogP contribution >= 0.6 is 24.8 Å². The highest BCUT2D eigenvalue weighted by Crippen LogP contribution is 2.38. The topological polar surface area (TPSA) is 12.0 Å². The van der Waals surface area contributed by atoms with Crippen molar-refractivity contribution in [2.75, 3.05) is 0 Å². The third kappa shape index (κ3) is 3.86. The van der Waals surface area contributed by atoms with Gasteiger partial charge in [-0.3, -0.25) is 0 Å². The molecule has 0 spiro atoms. The summed E-state index contributed by atoms with van der Waals surface area (Å²) in [7, 11) is 0. The molecule has 0 bridgehead atoms. The van der Waals surface area contributed by atoms with Gasteiger partial charge in [0.2, 0.25) is 0 Å². The number of thiocarbonyl (C=S) groups is 1. The Morgan fingerprint density at radius 3 is 2.54 bits per heavy atom. The number of thiol groups is 1. The summed E-state index contributed by atoms with van der Waals surface area (Å²) in [6, 6.07) is 0.531. The summed E-state index contributed by atoms with van der Waals surface area (Å²) in [4.78, 5) is 0. The molecule has 0 aliphatic heterocycles. The van der Waals surface area contributed by atoms with Gasteiger partial charge in [0.1, 0.15) is 4.32 Å². The molecule has 1 fully saturated rings. The van der Waals surface area contributed by atoms with Crippen LogP contribution in [-0.2, 0) is 0 Å². The second-order valence-electron chi connectivity index (χ2n) is 5.06. The molecule has 76 valence electrons. The first-order chi connectivity index (χ1) is 5.89. The molecule has 0 saturated heterocycles. The van der Waals surface area contributed by atoms with Crippen LogP contribution in [0, 0.1) is 11.3 Å².